The van der Waals surface area contributed by atoms with Gasteiger partial charge in [-0.05, 0) is 34.1 Å². The number of nitrogens with zero attached hydrogens (tertiary/aromatic N) is 2. The summed E-state index contributed by atoms with van der Waals surface area (Å²) in [5.74, 6) is -2.07. The highest BCUT2D eigenvalue weighted by Crippen LogP contribution is 2.37. The third-order valence-electron chi connectivity index (χ3n) is 4.69. The van der Waals surface area contributed by atoms with Gasteiger partial charge < -0.3 is 19.3 Å². The first-order chi connectivity index (χ1) is 16.1. The monoisotopic (exact) mass is 557 g/mol. The molecule has 3 aromatic rings. The molecule has 2 N–H and O–H groups in total. The minimum atomic E-state index is -4.44. The predicted octanol–water partition coefficient (Wildman–Crippen LogP) is 3.69. The topological polar surface area (TPSA) is 137 Å². The summed E-state index contributed by atoms with van der Waals surface area (Å²) in [6.07, 6.45) is 2.53. The SMILES string of the molecule is COc1ncc2cc1NS(=O)(=O)c1cc(cc(Br)c1O)C(=O)OCc1cc(OC(F)F)ncc1-2. The first-order valence-electron chi connectivity index (χ1n) is 9.29. The van der Waals surface area contributed by atoms with Gasteiger partial charge >= 0.3 is 12.6 Å². The van der Waals surface area contributed by atoms with Crippen molar-refractivity contribution in [2.75, 3.05) is 11.8 Å². The fraction of sp³-hybridized carbons (Fsp3) is 0.150. The molecule has 10 nitrogen and oxygen atoms in total. The van der Waals surface area contributed by atoms with Gasteiger partial charge in [-0.15, -0.1) is 0 Å². The molecule has 0 saturated heterocycles. The first kappa shape index (κ1) is 23.6. The number of fused-ring (bicyclic) bond motifs is 6. The molecule has 0 atom stereocenters. The van der Waals surface area contributed by atoms with Crippen LogP contribution >= 0.6 is 15.9 Å². The number of sulfonamides is 1. The molecule has 0 aliphatic carbocycles. The Hall–Kier alpha value is -3.52. The Labute approximate surface area is 199 Å². The number of nitrogens with one attached hydrogen (secondary N) is 1. The number of anilines is 1. The number of esters is 1. The number of phenolic OH excluding ortho intramolecular Hbond substituents is 1. The largest absolute Gasteiger partial charge is 0.505 e. The molecule has 0 fully saturated rings. The van der Waals surface area contributed by atoms with Crippen LogP contribution in [-0.4, -0.2) is 43.2 Å². The van der Waals surface area contributed by atoms with Crippen LogP contribution in [-0.2, 0) is 21.4 Å². The van der Waals surface area contributed by atoms with Gasteiger partial charge in [0.25, 0.3) is 10.0 Å². The lowest BCUT2D eigenvalue weighted by atomic mass is 10.0. The number of hydrogen-bond acceptors (Lipinski definition) is 9. The van der Waals surface area contributed by atoms with Crippen LogP contribution in [0.15, 0.2) is 46.0 Å². The van der Waals surface area contributed by atoms with Gasteiger partial charge in [-0.25, -0.2) is 23.2 Å². The number of hydrogen-bond donors (Lipinski definition) is 2. The molecule has 178 valence electrons. The van der Waals surface area contributed by atoms with Crippen molar-refractivity contribution in [1.29, 1.82) is 0 Å². The first-order valence-corrected chi connectivity index (χ1v) is 11.6. The summed E-state index contributed by atoms with van der Waals surface area (Å²) in [6.45, 7) is -3.52. The lowest BCUT2D eigenvalue weighted by Gasteiger charge is -2.15. The van der Waals surface area contributed by atoms with E-state index in [9.17, 15) is 27.1 Å². The van der Waals surface area contributed by atoms with E-state index in [0.29, 0.717) is 11.1 Å². The van der Waals surface area contributed by atoms with Crippen molar-refractivity contribution in [3.05, 3.63) is 52.3 Å². The predicted molar refractivity (Wildman–Crippen MR) is 116 cm³/mol. The second-order valence-corrected chi connectivity index (χ2v) is 9.33. The fourth-order valence-electron chi connectivity index (χ4n) is 3.17. The smallest absolute Gasteiger partial charge is 0.388 e. The van der Waals surface area contributed by atoms with Gasteiger partial charge in [0.2, 0.25) is 11.8 Å². The van der Waals surface area contributed by atoms with Crippen LogP contribution in [0.25, 0.3) is 11.1 Å². The lowest BCUT2D eigenvalue weighted by molar-refractivity contribution is -0.0529. The molecule has 0 amide bonds. The van der Waals surface area contributed by atoms with E-state index in [1.54, 1.807) is 0 Å². The van der Waals surface area contributed by atoms with Crippen molar-refractivity contribution in [1.82, 2.24) is 9.97 Å². The van der Waals surface area contributed by atoms with Gasteiger partial charge in [-0.1, -0.05) is 0 Å². The Morgan fingerprint density at radius 3 is 2.65 bits per heavy atom. The normalized spacial score (nSPS) is 14.6. The standard InChI is InChI=1S/C20H14BrF2N3O7S/c1-31-18-14-3-10(6-25-18)12-7-24-16(33-20(22)23)5-11(12)8-32-19(28)9-2-13(21)17(27)15(4-9)34(29,30)26-14/h2-7,20,26-27H,8H2,1H3. The number of cyclic esters (lactones) is 1. The maximum Gasteiger partial charge on any atom is 0.388 e. The zero-order chi connectivity index (χ0) is 24.6. The van der Waals surface area contributed by atoms with Crippen LogP contribution in [0.2, 0.25) is 0 Å². The summed E-state index contributed by atoms with van der Waals surface area (Å²) in [6, 6.07) is 4.65. The maximum atomic E-state index is 13.1. The van der Waals surface area contributed by atoms with Crippen molar-refractivity contribution in [3.63, 3.8) is 0 Å². The van der Waals surface area contributed by atoms with Gasteiger partial charge in [-0.2, -0.15) is 8.78 Å². The van der Waals surface area contributed by atoms with Crippen LogP contribution < -0.4 is 14.2 Å². The second kappa shape index (κ2) is 9.02. The number of alkyl halides is 2. The third-order valence-corrected chi connectivity index (χ3v) is 6.67. The molecule has 0 saturated carbocycles. The number of aromatic nitrogens is 2. The maximum absolute atomic E-state index is 13.1. The fourth-order valence-corrected chi connectivity index (χ4v) is 4.95. The lowest BCUT2D eigenvalue weighted by Crippen LogP contribution is -2.15. The molecule has 3 heterocycles. The summed E-state index contributed by atoms with van der Waals surface area (Å²) in [4.78, 5) is 20.0. The van der Waals surface area contributed by atoms with Gasteiger partial charge in [0.15, 0.2) is 0 Å². The zero-order valence-electron chi connectivity index (χ0n) is 17.1. The molecule has 14 heteroatoms. The molecule has 34 heavy (non-hydrogen) atoms. The number of aromatic hydroxyl groups is 1. The summed E-state index contributed by atoms with van der Waals surface area (Å²) in [5.41, 5.74) is 0.557. The average Bonchev–Trinajstić information content (AvgIpc) is 2.78. The summed E-state index contributed by atoms with van der Waals surface area (Å²) >= 11 is 3.03. The molecule has 0 spiro atoms. The molecule has 1 aliphatic rings. The summed E-state index contributed by atoms with van der Waals surface area (Å²) in [5, 5.41) is 10.3. The highest BCUT2D eigenvalue weighted by Gasteiger charge is 2.27. The summed E-state index contributed by atoms with van der Waals surface area (Å²) in [7, 11) is -3.17. The number of carbonyl (C=O) groups is 1. The Morgan fingerprint density at radius 2 is 1.94 bits per heavy atom. The molecule has 1 aromatic carbocycles. The molecule has 4 bridgehead atoms. The van der Waals surface area contributed by atoms with Crippen molar-refractivity contribution in [2.45, 2.75) is 18.1 Å². The molecule has 1 aliphatic heterocycles. The minimum absolute atomic E-state index is 0.0757. The number of benzene rings is 1. The second-order valence-electron chi connectivity index (χ2n) is 6.83. The van der Waals surface area contributed by atoms with Crippen LogP contribution in [0.4, 0.5) is 14.5 Å². The molecular weight excluding hydrogens is 544 g/mol. The molecule has 0 radical (unpaired) electrons. The quantitative estimate of drug-likeness (QED) is 0.461. The van der Waals surface area contributed by atoms with E-state index in [1.807, 2.05) is 0 Å². The average molecular weight is 558 g/mol. The number of ether oxygens (including phenoxy) is 3. The number of halogens is 3. The highest BCUT2D eigenvalue weighted by molar-refractivity contribution is 9.10. The Bertz CT molecular complexity index is 1400. The van der Waals surface area contributed by atoms with Crippen molar-refractivity contribution in [3.8, 4) is 28.6 Å². The number of phenols is 1. The number of carbonyl (C=O) groups excluding carboxylic acids is 1. The molecule has 0 unspecified atom stereocenters. The van der Waals surface area contributed by atoms with E-state index in [-0.39, 0.29) is 27.2 Å². The van der Waals surface area contributed by atoms with E-state index in [1.165, 1.54) is 37.7 Å². The van der Waals surface area contributed by atoms with E-state index >= 15 is 0 Å². The van der Waals surface area contributed by atoms with E-state index in [0.717, 1.165) is 6.07 Å². The van der Waals surface area contributed by atoms with E-state index in [4.69, 9.17) is 9.47 Å². The highest BCUT2D eigenvalue weighted by atomic mass is 79.9. The van der Waals surface area contributed by atoms with Crippen molar-refractivity contribution >= 4 is 37.6 Å². The number of rotatable bonds is 3. The van der Waals surface area contributed by atoms with Crippen molar-refractivity contribution < 1.29 is 41.3 Å². The van der Waals surface area contributed by atoms with Gasteiger partial charge in [0.1, 0.15) is 22.9 Å². The number of methoxy groups -OCH3 is 1. The van der Waals surface area contributed by atoms with Crippen molar-refractivity contribution in [2.24, 2.45) is 0 Å². The zero-order valence-corrected chi connectivity index (χ0v) is 19.5. The Kier molecular flexibility index (Phi) is 6.27. The van der Waals surface area contributed by atoms with E-state index in [2.05, 4.69) is 35.4 Å². The molecule has 2 aromatic heterocycles. The summed E-state index contributed by atoms with van der Waals surface area (Å²) < 4.78 is 68.5. The minimum Gasteiger partial charge on any atom is -0.505 e. The number of pyridine rings is 2. The van der Waals surface area contributed by atoms with Crippen LogP contribution in [0.1, 0.15) is 15.9 Å². The van der Waals surface area contributed by atoms with Gasteiger partial charge in [0, 0.05) is 35.2 Å². The Morgan fingerprint density at radius 1 is 1.18 bits per heavy atom. The Balaban J connectivity index is 1.95. The molecule has 4 rings (SSSR count). The van der Waals surface area contributed by atoms with Gasteiger partial charge in [0.05, 0.1) is 17.1 Å². The molecular formula is C20H14BrF2N3O7S. The van der Waals surface area contributed by atoms with Gasteiger partial charge in [-0.3, -0.25) is 4.72 Å². The van der Waals surface area contributed by atoms with Crippen LogP contribution in [0.3, 0.4) is 0 Å². The van der Waals surface area contributed by atoms with Crippen LogP contribution in [0, 0.1) is 0 Å². The van der Waals surface area contributed by atoms with E-state index < -0.39 is 45.7 Å². The van der Waals surface area contributed by atoms with Crippen LogP contribution in [0.5, 0.6) is 17.5 Å². The third kappa shape index (κ3) is 4.59.